The Balaban J connectivity index is 2.33. The van der Waals surface area contributed by atoms with E-state index < -0.39 is 0 Å². The summed E-state index contributed by atoms with van der Waals surface area (Å²) in [5.74, 6) is 0.968. The van der Waals surface area contributed by atoms with E-state index in [1.165, 1.54) is 5.56 Å². The summed E-state index contributed by atoms with van der Waals surface area (Å²) < 4.78 is 0. The molecule has 2 N–H and O–H groups in total. The number of rotatable bonds is 1. The van der Waals surface area contributed by atoms with Gasteiger partial charge in [-0.05, 0) is 37.7 Å². The minimum Gasteiger partial charge on any atom is -0.383 e. The second-order valence-corrected chi connectivity index (χ2v) is 6.25. The van der Waals surface area contributed by atoms with Gasteiger partial charge in [-0.3, -0.25) is 0 Å². The van der Waals surface area contributed by atoms with Gasteiger partial charge in [0.25, 0.3) is 0 Å². The van der Waals surface area contributed by atoms with E-state index in [2.05, 4.69) is 23.0 Å². The third kappa shape index (κ3) is 1.97. The largest absolute Gasteiger partial charge is 0.383 e. The van der Waals surface area contributed by atoms with Crippen LogP contribution in [0, 0.1) is 24.2 Å². The molecular formula is C15H16N4S. The maximum atomic E-state index is 9.47. The van der Waals surface area contributed by atoms with Crippen molar-refractivity contribution in [3.63, 3.8) is 0 Å². The maximum absolute atomic E-state index is 9.47. The Labute approximate surface area is 122 Å². The average Bonchev–Trinajstić information content (AvgIpc) is 2.84. The highest BCUT2D eigenvalue weighted by Crippen LogP contribution is 2.39. The third-order valence-electron chi connectivity index (χ3n) is 3.92. The summed E-state index contributed by atoms with van der Waals surface area (Å²) in [5, 5.41) is 9.47. The lowest BCUT2D eigenvalue weighted by Gasteiger charge is -2.24. The van der Waals surface area contributed by atoms with E-state index >= 15 is 0 Å². The van der Waals surface area contributed by atoms with Gasteiger partial charge >= 0.3 is 0 Å². The normalized spacial score (nSPS) is 17.6. The van der Waals surface area contributed by atoms with Gasteiger partial charge in [0.05, 0.1) is 16.1 Å². The molecule has 3 rings (SSSR count). The quantitative estimate of drug-likeness (QED) is 0.873. The number of nitrogens with zero attached hydrogens (tertiary/aromatic N) is 3. The van der Waals surface area contributed by atoms with E-state index in [4.69, 9.17) is 5.73 Å². The van der Waals surface area contributed by atoms with Gasteiger partial charge in [-0.15, -0.1) is 11.3 Å². The maximum Gasteiger partial charge on any atom is 0.142 e. The van der Waals surface area contributed by atoms with Gasteiger partial charge in [0, 0.05) is 11.3 Å². The van der Waals surface area contributed by atoms with Crippen molar-refractivity contribution in [1.82, 2.24) is 9.97 Å². The molecule has 1 aliphatic rings. The van der Waals surface area contributed by atoms with Gasteiger partial charge in [-0.1, -0.05) is 6.92 Å². The minimum absolute atomic E-state index is 0.351. The first-order valence-corrected chi connectivity index (χ1v) is 7.61. The molecule has 0 fully saturated rings. The number of hydrogen-bond donors (Lipinski definition) is 1. The Kier molecular flexibility index (Phi) is 3.19. The fourth-order valence-corrected chi connectivity index (χ4v) is 3.74. The van der Waals surface area contributed by atoms with Gasteiger partial charge in [-0.2, -0.15) is 5.26 Å². The van der Waals surface area contributed by atoms with Crippen molar-refractivity contribution >= 4 is 17.2 Å². The zero-order valence-corrected chi connectivity index (χ0v) is 12.4. The third-order valence-corrected chi connectivity index (χ3v) is 4.87. The SMILES string of the molecule is Cc1ncsc1-c1c(C#N)c(N)nc2c1CC(C)CC2. The van der Waals surface area contributed by atoms with Crippen LogP contribution in [-0.4, -0.2) is 9.97 Å². The summed E-state index contributed by atoms with van der Waals surface area (Å²) in [6.45, 7) is 4.22. The van der Waals surface area contributed by atoms with Gasteiger partial charge in [-0.25, -0.2) is 9.97 Å². The lowest BCUT2D eigenvalue weighted by atomic mass is 9.83. The van der Waals surface area contributed by atoms with Crippen molar-refractivity contribution in [2.45, 2.75) is 33.1 Å². The van der Waals surface area contributed by atoms with Gasteiger partial charge < -0.3 is 5.73 Å². The van der Waals surface area contributed by atoms with Gasteiger partial charge in [0.2, 0.25) is 0 Å². The summed E-state index contributed by atoms with van der Waals surface area (Å²) >= 11 is 1.57. The summed E-state index contributed by atoms with van der Waals surface area (Å²) in [6.07, 6.45) is 3.04. The van der Waals surface area contributed by atoms with Gasteiger partial charge in [0.15, 0.2) is 0 Å². The Morgan fingerprint density at radius 3 is 2.95 bits per heavy atom. The van der Waals surface area contributed by atoms with E-state index in [9.17, 15) is 5.26 Å². The molecule has 1 unspecified atom stereocenters. The molecule has 0 saturated heterocycles. The lowest BCUT2D eigenvalue weighted by molar-refractivity contribution is 0.495. The number of nitrogen functional groups attached to an aromatic ring is 1. The van der Waals surface area contributed by atoms with E-state index in [-0.39, 0.29) is 0 Å². The fourth-order valence-electron chi connectivity index (χ4n) is 2.86. The van der Waals surface area contributed by atoms with Crippen LogP contribution in [0.1, 0.15) is 35.9 Å². The lowest BCUT2D eigenvalue weighted by Crippen LogP contribution is -2.16. The summed E-state index contributed by atoms with van der Waals surface area (Å²) in [4.78, 5) is 9.83. The summed E-state index contributed by atoms with van der Waals surface area (Å²) in [5.41, 5.74) is 12.5. The molecule has 1 aliphatic carbocycles. The molecule has 0 spiro atoms. The van der Waals surface area contributed by atoms with Crippen LogP contribution in [0.3, 0.4) is 0 Å². The van der Waals surface area contributed by atoms with Crippen molar-refractivity contribution in [3.8, 4) is 16.5 Å². The molecule has 4 nitrogen and oxygen atoms in total. The predicted octanol–water partition coefficient (Wildman–Crippen LogP) is 3.09. The molecule has 0 aromatic carbocycles. The molecule has 2 heterocycles. The Bertz CT molecular complexity index is 711. The van der Waals surface area contributed by atoms with Gasteiger partial charge in [0.1, 0.15) is 17.5 Å². The first kappa shape index (κ1) is 13.1. The molecule has 0 saturated carbocycles. The van der Waals surface area contributed by atoms with E-state index in [0.29, 0.717) is 17.3 Å². The van der Waals surface area contributed by atoms with Crippen LogP contribution >= 0.6 is 11.3 Å². The van der Waals surface area contributed by atoms with Crippen molar-refractivity contribution in [1.29, 1.82) is 5.26 Å². The highest BCUT2D eigenvalue weighted by atomic mass is 32.1. The summed E-state index contributed by atoms with van der Waals surface area (Å²) in [6, 6.07) is 2.24. The van der Waals surface area contributed by atoms with E-state index in [0.717, 1.165) is 41.1 Å². The highest BCUT2D eigenvalue weighted by molar-refractivity contribution is 7.13. The molecular weight excluding hydrogens is 268 g/mol. The van der Waals surface area contributed by atoms with Crippen LogP contribution in [0.5, 0.6) is 0 Å². The molecule has 0 amide bonds. The van der Waals surface area contributed by atoms with Crippen molar-refractivity contribution in [2.75, 3.05) is 5.73 Å². The molecule has 0 radical (unpaired) electrons. The smallest absolute Gasteiger partial charge is 0.142 e. The van der Waals surface area contributed by atoms with E-state index in [1.807, 2.05) is 12.4 Å². The number of hydrogen-bond acceptors (Lipinski definition) is 5. The van der Waals surface area contributed by atoms with E-state index in [1.54, 1.807) is 11.3 Å². The summed E-state index contributed by atoms with van der Waals surface area (Å²) in [7, 11) is 0. The van der Waals surface area contributed by atoms with Crippen LogP contribution in [0.2, 0.25) is 0 Å². The Morgan fingerprint density at radius 1 is 1.50 bits per heavy atom. The number of aryl methyl sites for hydroxylation is 2. The van der Waals surface area contributed by atoms with Crippen LogP contribution in [0.15, 0.2) is 5.51 Å². The van der Waals surface area contributed by atoms with Crippen LogP contribution in [-0.2, 0) is 12.8 Å². The molecule has 0 bridgehead atoms. The zero-order valence-electron chi connectivity index (χ0n) is 11.6. The minimum atomic E-state index is 0.351. The first-order chi connectivity index (χ1) is 9.61. The Hall–Kier alpha value is -1.93. The first-order valence-electron chi connectivity index (χ1n) is 6.73. The molecule has 2 aromatic heterocycles. The fraction of sp³-hybridized carbons (Fsp3) is 0.400. The van der Waals surface area contributed by atoms with Crippen LogP contribution < -0.4 is 5.73 Å². The number of nitriles is 1. The molecule has 0 aliphatic heterocycles. The average molecular weight is 284 g/mol. The van der Waals surface area contributed by atoms with Crippen LogP contribution in [0.25, 0.3) is 10.4 Å². The topological polar surface area (TPSA) is 75.6 Å². The van der Waals surface area contributed by atoms with Crippen molar-refractivity contribution in [2.24, 2.45) is 5.92 Å². The predicted molar refractivity (Wildman–Crippen MR) is 80.4 cm³/mol. The Morgan fingerprint density at radius 2 is 2.30 bits per heavy atom. The van der Waals surface area contributed by atoms with Crippen LogP contribution in [0.4, 0.5) is 5.82 Å². The molecule has 5 heteroatoms. The number of fused-ring (bicyclic) bond motifs is 1. The molecule has 1 atom stereocenters. The standard InChI is InChI=1S/C15H16N4S/c1-8-3-4-12-10(5-8)13(11(6-16)15(17)19-12)14-9(2)18-7-20-14/h7-8H,3-5H2,1-2H3,(H2,17,19). The molecule has 102 valence electrons. The number of aromatic nitrogens is 2. The van der Waals surface area contributed by atoms with Crippen molar-refractivity contribution in [3.05, 3.63) is 28.0 Å². The molecule has 20 heavy (non-hydrogen) atoms. The van der Waals surface area contributed by atoms with Crippen molar-refractivity contribution < 1.29 is 0 Å². The highest BCUT2D eigenvalue weighted by Gasteiger charge is 2.26. The zero-order chi connectivity index (χ0) is 14.3. The number of anilines is 1. The number of thiazole rings is 1. The number of pyridine rings is 1. The monoisotopic (exact) mass is 284 g/mol. The molecule has 2 aromatic rings. The second kappa shape index (κ2) is 4.88. The number of nitrogens with two attached hydrogens (primary N) is 1. The second-order valence-electron chi connectivity index (χ2n) is 5.40.